The Kier molecular flexibility index (Phi) is 4.43. The monoisotopic (exact) mass is 284 g/mol. The summed E-state index contributed by atoms with van der Waals surface area (Å²) in [4.78, 5) is 33.3. The molecule has 1 aromatic rings. The van der Waals surface area contributed by atoms with Crippen LogP contribution in [0.3, 0.4) is 0 Å². The molecule has 1 unspecified atom stereocenters. The van der Waals surface area contributed by atoms with E-state index in [-0.39, 0.29) is 6.42 Å². The average Bonchev–Trinajstić information content (AvgIpc) is 2.71. The summed E-state index contributed by atoms with van der Waals surface area (Å²) >= 11 is 0. The highest BCUT2D eigenvalue weighted by atomic mass is 16.6. The molecule has 2 N–H and O–H groups in total. The van der Waals surface area contributed by atoms with Gasteiger partial charge in [0.15, 0.2) is 0 Å². The molecule has 0 saturated carbocycles. The van der Waals surface area contributed by atoms with E-state index in [0.717, 1.165) is 10.9 Å². The SMILES string of the molecule is CCCC(C)(NC(=O)c1nn(C)cc1[N+](=O)[O-])C(=O)O. The van der Waals surface area contributed by atoms with Gasteiger partial charge in [0.1, 0.15) is 11.7 Å². The molecule has 1 aromatic heterocycles. The molecule has 1 rings (SSSR count). The van der Waals surface area contributed by atoms with E-state index in [2.05, 4.69) is 10.4 Å². The molecule has 1 amide bonds. The van der Waals surface area contributed by atoms with Gasteiger partial charge >= 0.3 is 11.7 Å². The average molecular weight is 284 g/mol. The van der Waals surface area contributed by atoms with Crippen LogP contribution in [0.5, 0.6) is 0 Å². The number of carbonyl (C=O) groups excluding carboxylic acids is 1. The Balaban J connectivity index is 3.07. The molecule has 0 radical (unpaired) electrons. The summed E-state index contributed by atoms with van der Waals surface area (Å²) in [6, 6.07) is 0. The highest BCUT2D eigenvalue weighted by molar-refractivity contribution is 5.99. The number of nitrogens with zero attached hydrogens (tertiary/aromatic N) is 3. The van der Waals surface area contributed by atoms with E-state index >= 15 is 0 Å². The predicted molar refractivity (Wildman–Crippen MR) is 68.3 cm³/mol. The van der Waals surface area contributed by atoms with Crippen molar-refractivity contribution in [1.29, 1.82) is 0 Å². The Morgan fingerprint density at radius 1 is 1.60 bits per heavy atom. The molecule has 1 atom stereocenters. The molecule has 9 nitrogen and oxygen atoms in total. The molecule has 0 fully saturated rings. The Morgan fingerprint density at radius 2 is 2.20 bits per heavy atom. The van der Waals surface area contributed by atoms with Gasteiger partial charge in [-0.3, -0.25) is 19.6 Å². The number of rotatable bonds is 6. The summed E-state index contributed by atoms with van der Waals surface area (Å²) in [5.74, 6) is -2.08. The fourth-order valence-electron chi connectivity index (χ4n) is 1.80. The summed E-state index contributed by atoms with van der Waals surface area (Å²) in [6.45, 7) is 3.13. The van der Waals surface area contributed by atoms with Gasteiger partial charge in [0.25, 0.3) is 5.91 Å². The quantitative estimate of drug-likeness (QED) is 0.584. The lowest BCUT2D eigenvalue weighted by Gasteiger charge is -2.25. The Bertz CT molecular complexity index is 553. The molecule has 0 aliphatic heterocycles. The maximum Gasteiger partial charge on any atom is 0.329 e. The Morgan fingerprint density at radius 3 is 2.65 bits per heavy atom. The van der Waals surface area contributed by atoms with Crippen molar-refractivity contribution < 1.29 is 19.6 Å². The molecule has 9 heteroatoms. The maximum atomic E-state index is 12.0. The topological polar surface area (TPSA) is 127 Å². The Hall–Kier alpha value is -2.45. The third kappa shape index (κ3) is 3.11. The van der Waals surface area contributed by atoms with E-state index in [9.17, 15) is 19.7 Å². The van der Waals surface area contributed by atoms with Gasteiger partial charge < -0.3 is 10.4 Å². The van der Waals surface area contributed by atoms with E-state index in [1.54, 1.807) is 6.92 Å². The lowest BCUT2D eigenvalue weighted by atomic mass is 9.96. The number of carboxylic acid groups (broad SMARTS) is 1. The number of aliphatic carboxylic acids is 1. The second-order valence-electron chi connectivity index (χ2n) is 4.64. The van der Waals surface area contributed by atoms with Crippen LogP contribution in [0.4, 0.5) is 5.69 Å². The van der Waals surface area contributed by atoms with Crippen LogP contribution < -0.4 is 5.32 Å². The fourth-order valence-corrected chi connectivity index (χ4v) is 1.80. The van der Waals surface area contributed by atoms with Gasteiger partial charge in [-0.1, -0.05) is 13.3 Å². The van der Waals surface area contributed by atoms with Crippen LogP contribution in [0.25, 0.3) is 0 Å². The minimum absolute atomic E-state index is 0.203. The zero-order valence-corrected chi connectivity index (χ0v) is 11.4. The molecule has 0 aromatic carbocycles. The van der Waals surface area contributed by atoms with Crippen molar-refractivity contribution in [3.05, 3.63) is 22.0 Å². The summed E-state index contributed by atoms with van der Waals surface area (Å²) in [5.41, 5.74) is -2.35. The molecule has 20 heavy (non-hydrogen) atoms. The van der Waals surface area contributed by atoms with Crippen LogP contribution in [0.1, 0.15) is 37.2 Å². The molecule has 0 aliphatic carbocycles. The van der Waals surface area contributed by atoms with E-state index in [4.69, 9.17) is 5.11 Å². The third-order valence-electron chi connectivity index (χ3n) is 2.83. The number of amides is 1. The largest absolute Gasteiger partial charge is 0.480 e. The smallest absolute Gasteiger partial charge is 0.329 e. The zero-order chi connectivity index (χ0) is 15.5. The van der Waals surface area contributed by atoms with Crippen molar-refractivity contribution in [1.82, 2.24) is 15.1 Å². The zero-order valence-electron chi connectivity index (χ0n) is 11.4. The first-order valence-electron chi connectivity index (χ1n) is 5.95. The van der Waals surface area contributed by atoms with Crippen LogP contribution in [0, 0.1) is 10.1 Å². The van der Waals surface area contributed by atoms with Gasteiger partial charge in [-0.2, -0.15) is 5.10 Å². The van der Waals surface area contributed by atoms with Crippen molar-refractivity contribution in [2.45, 2.75) is 32.2 Å². The lowest BCUT2D eigenvalue weighted by molar-refractivity contribution is -0.385. The summed E-state index contributed by atoms with van der Waals surface area (Å²) in [5, 5.41) is 26.0. The highest BCUT2D eigenvalue weighted by Gasteiger charge is 2.36. The number of nitro groups is 1. The normalized spacial score (nSPS) is 13.6. The standard InChI is InChI=1S/C11H16N4O5/c1-4-5-11(2,10(17)18)12-9(16)8-7(15(19)20)6-14(3)13-8/h6H,4-5H2,1-3H3,(H,12,16)(H,17,18). The van der Waals surface area contributed by atoms with Crippen molar-refractivity contribution in [3.8, 4) is 0 Å². The first kappa shape index (κ1) is 15.6. The number of carbonyl (C=O) groups is 2. The minimum Gasteiger partial charge on any atom is -0.480 e. The number of aromatic nitrogens is 2. The molecule has 110 valence electrons. The number of hydrogen-bond donors (Lipinski definition) is 2. The molecule has 0 aliphatic rings. The van der Waals surface area contributed by atoms with Crippen LogP contribution in [0.15, 0.2) is 6.20 Å². The first-order valence-corrected chi connectivity index (χ1v) is 5.95. The molecule has 1 heterocycles. The minimum atomic E-state index is -1.49. The van der Waals surface area contributed by atoms with E-state index in [1.807, 2.05) is 0 Å². The number of nitrogens with one attached hydrogen (secondary N) is 1. The third-order valence-corrected chi connectivity index (χ3v) is 2.83. The van der Waals surface area contributed by atoms with E-state index < -0.39 is 33.7 Å². The van der Waals surface area contributed by atoms with Gasteiger partial charge in [-0.15, -0.1) is 0 Å². The molecule has 0 bridgehead atoms. The number of aryl methyl sites for hydroxylation is 1. The van der Waals surface area contributed by atoms with E-state index in [0.29, 0.717) is 6.42 Å². The van der Waals surface area contributed by atoms with E-state index in [1.165, 1.54) is 14.0 Å². The van der Waals surface area contributed by atoms with Gasteiger partial charge in [-0.05, 0) is 13.3 Å². The second kappa shape index (κ2) is 5.68. The second-order valence-corrected chi connectivity index (χ2v) is 4.64. The molecular weight excluding hydrogens is 268 g/mol. The number of carboxylic acids is 1. The predicted octanol–water partition coefficient (Wildman–Crippen LogP) is 0.701. The van der Waals surface area contributed by atoms with Crippen molar-refractivity contribution >= 4 is 17.6 Å². The maximum absolute atomic E-state index is 12.0. The van der Waals surface area contributed by atoms with Gasteiger partial charge in [0.2, 0.25) is 5.69 Å². The molecule has 0 spiro atoms. The van der Waals surface area contributed by atoms with Crippen LogP contribution in [0.2, 0.25) is 0 Å². The van der Waals surface area contributed by atoms with Gasteiger partial charge in [0, 0.05) is 7.05 Å². The summed E-state index contributed by atoms with van der Waals surface area (Å²) in [7, 11) is 1.44. The fraction of sp³-hybridized carbons (Fsp3) is 0.545. The molecular formula is C11H16N4O5. The Labute approximate surface area is 114 Å². The van der Waals surface area contributed by atoms with Crippen LogP contribution >= 0.6 is 0 Å². The van der Waals surface area contributed by atoms with Gasteiger partial charge in [-0.25, -0.2) is 4.79 Å². The van der Waals surface area contributed by atoms with Crippen LogP contribution in [-0.4, -0.2) is 37.2 Å². The van der Waals surface area contributed by atoms with Crippen LogP contribution in [-0.2, 0) is 11.8 Å². The summed E-state index contributed by atoms with van der Waals surface area (Å²) < 4.78 is 1.13. The van der Waals surface area contributed by atoms with Crippen molar-refractivity contribution in [3.63, 3.8) is 0 Å². The lowest BCUT2D eigenvalue weighted by Crippen LogP contribution is -2.52. The van der Waals surface area contributed by atoms with Gasteiger partial charge in [0.05, 0.1) is 4.92 Å². The van der Waals surface area contributed by atoms with Crippen molar-refractivity contribution in [2.75, 3.05) is 0 Å². The molecule has 0 saturated heterocycles. The number of hydrogen-bond acceptors (Lipinski definition) is 5. The van der Waals surface area contributed by atoms with Crippen molar-refractivity contribution in [2.24, 2.45) is 7.05 Å². The first-order chi connectivity index (χ1) is 9.21. The summed E-state index contributed by atoms with van der Waals surface area (Å²) in [6.07, 6.45) is 1.83. The highest BCUT2D eigenvalue weighted by Crippen LogP contribution is 2.19.